The Labute approximate surface area is 117 Å². The van der Waals surface area contributed by atoms with Crippen LogP contribution in [0.2, 0.25) is 0 Å². The highest BCUT2D eigenvalue weighted by Gasteiger charge is 2.21. The Morgan fingerprint density at radius 3 is 2.68 bits per heavy atom. The maximum absolute atomic E-state index is 5.38. The van der Waals surface area contributed by atoms with Gasteiger partial charge in [0.15, 0.2) is 0 Å². The molecule has 0 spiro atoms. The lowest BCUT2D eigenvalue weighted by molar-refractivity contribution is 0.141. The van der Waals surface area contributed by atoms with E-state index in [4.69, 9.17) is 4.74 Å². The normalized spacial score (nSPS) is 13.6. The third kappa shape index (κ3) is 5.23. The fraction of sp³-hybridized carbons (Fsp3) is 0.800. The molecule has 0 aliphatic carbocycles. The second kappa shape index (κ2) is 6.94. The molecule has 0 bridgehead atoms. The van der Waals surface area contributed by atoms with Crippen molar-refractivity contribution in [1.29, 1.82) is 0 Å². The van der Waals surface area contributed by atoms with E-state index in [0.717, 1.165) is 37.8 Å². The first-order valence-electron chi connectivity index (χ1n) is 7.22. The number of rotatable bonds is 7. The van der Waals surface area contributed by atoms with Gasteiger partial charge in [-0.3, -0.25) is 0 Å². The molecule has 0 saturated carbocycles. The standard InChI is InChI=1S/C15H29N3O/c1-7-19-10-8-9-18-11-12(2)16-14(18)17-13(3)15(4,5)6/h11,13H,7-10H2,1-6H3,(H,16,17). The Hall–Kier alpha value is -1.03. The minimum Gasteiger partial charge on any atom is -0.382 e. The molecule has 1 N–H and O–H groups in total. The second-order valence-corrected chi connectivity index (χ2v) is 6.18. The van der Waals surface area contributed by atoms with Gasteiger partial charge in [0, 0.05) is 32.0 Å². The molecule has 0 fully saturated rings. The predicted octanol–water partition coefficient (Wildman–Crippen LogP) is 3.46. The van der Waals surface area contributed by atoms with E-state index in [1.165, 1.54) is 0 Å². The van der Waals surface area contributed by atoms with Gasteiger partial charge in [-0.1, -0.05) is 20.8 Å². The van der Waals surface area contributed by atoms with Gasteiger partial charge in [0.1, 0.15) is 0 Å². The zero-order chi connectivity index (χ0) is 14.5. The van der Waals surface area contributed by atoms with Gasteiger partial charge in [0.25, 0.3) is 0 Å². The summed E-state index contributed by atoms with van der Waals surface area (Å²) in [6.45, 7) is 15.5. The maximum Gasteiger partial charge on any atom is 0.203 e. The summed E-state index contributed by atoms with van der Waals surface area (Å²) >= 11 is 0. The number of hydrogen-bond donors (Lipinski definition) is 1. The molecule has 1 unspecified atom stereocenters. The number of aryl methyl sites for hydroxylation is 2. The SMILES string of the molecule is CCOCCCn1cc(C)nc1NC(C)C(C)(C)C. The monoisotopic (exact) mass is 267 g/mol. The molecule has 0 aromatic carbocycles. The topological polar surface area (TPSA) is 39.1 Å². The van der Waals surface area contributed by atoms with Gasteiger partial charge in [0.2, 0.25) is 5.95 Å². The van der Waals surface area contributed by atoms with Gasteiger partial charge >= 0.3 is 0 Å². The first kappa shape index (κ1) is 16.0. The highest BCUT2D eigenvalue weighted by atomic mass is 16.5. The lowest BCUT2D eigenvalue weighted by atomic mass is 9.88. The van der Waals surface area contributed by atoms with Crippen molar-refractivity contribution in [2.24, 2.45) is 5.41 Å². The van der Waals surface area contributed by atoms with Crippen LogP contribution in [-0.2, 0) is 11.3 Å². The van der Waals surface area contributed by atoms with Gasteiger partial charge in [-0.05, 0) is 32.6 Å². The smallest absolute Gasteiger partial charge is 0.203 e. The van der Waals surface area contributed by atoms with Gasteiger partial charge in [0.05, 0.1) is 5.69 Å². The first-order chi connectivity index (χ1) is 8.84. The average Bonchev–Trinajstić information content (AvgIpc) is 2.64. The van der Waals surface area contributed by atoms with E-state index in [0.29, 0.717) is 6.04 Å². The first-order valence-corrected chi connectivity index (χ1v) is 7.22. The van der Waals surface area contributed by atoms with Crippen molar-refractivity contribution in [1.82, 2.24) is 9.55 Å². The van der Waals surface area contributed by atoms with Crippen LogP contribution in [0.5, 0.6) is 0 Å². The van der Waals surface area contributed by atoms with Crippen LogP contribution in [0.4, 0.5) is 5.95 Å². The molecule has 1 rings (SSSR count). The van der Waals surface area contributed by atoms with E-state index in [9.17, 15) is 0 Å². The molecule has 0 radical (unpaired) electrons. The van der Waals surface area contributed by atoms with Crippen molar-refractivity contribution >= 4 is 5.95 Å². The zero-order valence-corrected chi connectivity index (χ0v) is 13.3. The molecule has 4 heteroatoms. The van der Waals surface area contributed by atoms with Crippen molar-refractivity contribution in [2.75, 3.05) is 18.5 Å². The van der Waals surface area contributed by atoms with Crippen LogP contribution in [0.3, 0.4) is 0 Å². The molecule has 0 saturated heterocycles. The van der Waals surface area contributed by atoms with Crippen LogP contribution < -0.4 is 5.32 Å². The summed E-state index contributed by atoms with van der Waals surface area (Å²) in [5.74, 6) is 0.969. The van der Waals surface area contributed by atoms with Crippen LogP contribution in [0, 0.1) is 12.3 Å². The number of anilines is 1. The van der Waals surface area contributed by atoms with E-state index in [2.05, 4.69) is 48.8 Å². The second-order valence-electron chi connectivity index (χ2n) is 6.18. The van der Waals surface area contributed by atoms with Crippen molar-refractivity contribution in [3.05, 3.63) is 11.9 Å². The molecule has 0 aliphatic rings. The molecular weight excluding hydrogens is 238 g/mol. The Kier molecular flexibility index (Phi) is 5.85. The van der Waals surface area contributed by atoms with Crippen LogP contribution >= 0.6 is 0 Å². The number of imidazole rings is 1. The average molecular weight is 267 g/mol. The largest absolute Gasteiger partial charge is 0.382 e. The van der Waals surface area contributed by atoms with Crippen LogP contribution in [0.15, 0.2) is 6.20 Å². The lowest BCUT2D eigenvalue weighted by Gasteiger charge is -2.28. The fourth-order valence-corrected chi connectivity index (χ4v) is 1.72. The van der Waals surface area contributed by atoms with Gasteiger partial charge in [-0.15, -0.1) is 0 Å². The lowest BCUT2D eigenvalue weighted by Crippen LogP contribution is -2.32. The Balaban J connectivity index is 2.62. The van der Waals surface area contributed by atoms with Crippen molar-refractivity contribution in [2.45, 2.75) is 60.5 Å². The van der Waals surface area contributed by atoms with E-state index in [1.54, 1.807) is 0 Å². The molecule has 4 nitrogen and oxygen atoms in total. The molecule has 0 amide bonds. The van der Waals surface area contributed by atoms with E-state index >= 15 is 0 Å². The molecule has 110 valence electrons. The molecule has 0 aliphatic heterocycles. The Bertz CT molecular complexity index is 379. The van der Waals surface area contributed by atoms with Crippen LogP contribution in [-0.4, -0.2) is 28.8 Å². The fourth-order valence-electron chi connectivity index (χ4n) is 1.72. The van der Waals surface area contributed by atoms with E-state index in [-0.39, 0.29) is 5.41 Å². The predicted molar refractivity (Wildman–Crippen MR) is 80.6 cm³/mol. The number of aromatic nitrogens is 2. The summed E-state index contributed by atoms with van der Waals surface area (Å²) in [6, 6.07) is 0.375. The van der Waals surface area contributed by atoms with E-state index in [1.807, 2.05) is 13.8 Å². The number of hydrogen-bond acceptors (Lipinski definition) is 3. The quantitative estimate of drug-likeness (QED) is 0.769. The summed E-state index contributed by atoms with van der Waals surface area (Å²) in [4.78, 5) is 4.57. The summed E-state index contributed by atoms with van der Waals surface area (Å²) in [5, 5.41) is 3.52. The van der Waals surface area contributed by atoms with Gasteiger partial charge in [-0.2, -0.15) is 0 Å². The minimum atomic E-state index is 0.218. The van der Waals surface area contributed by atoms with Gasteiger partial charge < -0.3 is 14.6 Å². The number of ether oxygens (including phenoxy) is 1. The number of nitrogens with one attached hydrogen (secondary N) is 1. The van der Waals surface area contributed by atoms with Crippen LogP contribution in [0.1, 0.15) is 46.7 Å². The molecule has 1 aromatic rings. The van der Waals surface area contributed by atoms with E-state index < -0.39 is 0 Å². The Morgan fingerprint density at radius 2 is 2.11 bits per heavy atom. The van der Waals surface area contributed by atoms with Crippen molar-refractivity contribution in [3.8, 4) is 0 Å². The minimum absolute atomic E-state index is 0.218. The summed E-state index contributed by atoms with van der Waals surface area (Å²) < 4.78 is 7.57. The Morgan fingerprint density at radius 1 is 1.42 bits per heavy atom. The highest BCUT2D eigenvalue weighted by Crippen LogP contribution is 2.22. The third-order valence-corrected chi connectivity index (χ3v) is 3.43. The summed E-state index contributed by atoms with van der Waals surface area (Å²) in [6.07, 6.45) is 3.12. The molecular formula is C15H29N3O. The third-order valence-electron chi connectivity index (χ3n) is 3.43. The number of nitrogens with zero attached hydrogens (tertiary/aromatic N) is 2. The molecule has 1 aromatic heterocycles. The highest BCUT2D eigenvalue weighted by molar-refractivity contribution is 5.30. The molecule has 1 atom stereocenters. The zero-order valence-electron chi connectivity index (χ0n) is 13.3. The van der Waals surface area contributed by atoms with Crippen molar-refractivity contribution in [3.63, 3.8) is 0 Å². The maximum atomic E-state index is 5.38. The summed E-state index contributed by atoms with van der Waals surface area (Å²) in [7, 11) is 0. The molecule has 19 heavy (non-hydrogen) atoms. The van der Waals surface area contributed by atoms with Gasteiger partial charge in [-0.25, -0.2) is 4.98 Å². The van der Waals surface area contributed by atoms with Crippen molar-refractivity contribution < 1.29 is 4.74 Å². The molecule has 1 heterocycles. The van der Waals surface area contributed by atoms with Crippen LogP contribution in [0.25, 0.3) is 0 Å². The summed E-state index contributed by atoms with van der Waals surface area (Å²) in [5.41, 5.74) is 1.27.